The lowest BCUT2D eigenvalue weighted by Gasteiger charge is -2.55. The van der Waals surface area contributed by atoms with Crippen LogP contribution >= 0.6 is 0 Å². The van der Waals surface area contributed by atoms with E-state index in [4.69, 9.17) is 4.74 Å². The van der Waals surface area contributed by atoms with Crippen molar-refractivity contribution < 1.29 is 19.1 Å². The van der Waals surface area contributed by atoms with E-state index in [1.54, 1.807) is 24.3 Å². The molecule has 0 heterocycles. The number of esters is 1. The van der Waals surface area contributed by atoms with Crippen LogP contribution < -0.4 is 15.4 Å². The number of amides is 2. The number of ether oxygens (including phenoxy) is 1. The van der Waals surface area contributed by atoms with Gasteiger partial charge in [0.2, 0.25) is 5.91 Å². The smallest absolute Gasteiger partial charge is 0.308 e. The van der Waals surface area contributed by atoms with Crippen LogP contribution in [0, 0.1) is 23.2 Å². The molecule has 0 atom stereocenters. The Morgan fingerprint density at radius 1 is 1.00 bits per heavy atom. The highest BCUT2D eigenvalue weighted by molar-refractivity contribution is 5.94. The van der Waals surface area contributed by atoms with Crippen molar-refractivity contribution in [3.05, 3.63) is 29.8 Å². The zero-order valence-corrected chi connectivity index (χ0v) is 17.0. The van der Waals surface area contributed by atoms with Crippen LogP contribution in [-0.2, 0) is 9.59 Å². The van der Waals surface area contributed by atoms with Crippen LogP contribution in [0.2, 0.25) is 0 Å². The summed E-state index contributed by atoms with van der Waals surface area (Å²) in [6.07, 6.45) is 7.89. The number of rotatable bonds is 7. The Morgan fingerprint density at radius 3 is 2.24 bits per heavy atom. The van der Waals surface area contributed by atoms with Gasteiger partial charge in [-0.25, -0.2) is 0 Å². The Balaban J connectivity index is 1.20. The van der Waals surface area contributed by atoms with Gasteiger partial charge in [0.1, 0.15) is 5.75 Å². The first-order valence-electron chi connectivity index (χ1n) is 10.8. The first-order chi connectivity index (χ1) is 13.9. The quantitative estimate of drug-likeness (QED) is 0.420. The van der Waals surface area contributed by atoms with E-state index < -0.39 is 5.97 Å². The Hall–Kier alpha value is -2.37. The van der Waals surface area contributed by atoms with E-state index in [0.717, 1.165) is 37.0 Å². The lowest BCUT2D eigenvalue weighted by molar-refractivity contribution is -0.146. The molecule has 0 aromatic heterocycles. The Kier molecular flexibility index (Phi) is 5.61. The largest absolute Gasteiger partial charge is 0.427 e. The monoisotopic (exact) mass is 398 g/mol. The van der Waals surface area contributed by atoms with Gasteiger partial charge in [-0.2, -0.15) is 0 Å². The molecule has 4 aliphatic rings. The molecule has 0 aliphatic heterocycles. The molecule has 4 fully saturated rings. The molecule has 0 spiro atoms. The van der Waals surface area contributed by atoms with E-state index in [2.05, 4.69) is 10.6 Å². The topological polar surface area (TPSA) is 84.5 Å². The Labute approximate surface area is 171 Å². The van der Waals surface area contributed by atoms with Gasteiger partial charge in [-0.15, -0.1) is 0 Å². The first-order valence-corrected chi connectivity index (χ1v) is 10.8. The summed E-state index contributed by atoms with van der Waals surface area (Å²) >= 11 is 0. The summed E-state index contributed by atoms with van der Waals surface area (Å²) < 4.78 is 5.01. The van der Waals surface area contributed by atoms with Crippen molar-refractivity contribution >= 4 is 17.8 Å². The molecule has 2 N–H and O–H groups in total. The maximum atomic E-state index is 12.9. The normalized spacial score (nSPS) is 29.3. The second kappa shape index (κ2) is 8.17. The van der Waals surface area contributed by atoms with Crippen molar-refractivity contribution in [1.82, 2.24) is 10.6 Å². The third kappa shape index (κ3) is 4.46. The summed E-state index contributed by atoms with van der Waals surface area (Å²) in [6, 6.07) is 6.54. The van der Waals surface area contributed by atoms with Gasteiger partial charge >= 0.3 is 5.97 Å². The van der Waals surface area contributed by atoms with Crippen LogP contribution in [0.3, 0.4) is 0 Å². The molecular formula is C23H30N2O4. The molecule has 2 amide bonds. The number of hydrogen-bond donors (Lipinski definition) is 2. The molecule has 4 bridgehead atoms. The summed E-state index contributed by atoms with van der Waals surface area (Å²) in [7, 11) is 0. The molecule has 6 nitrogen and oxygen atoms in total. The Bertz CT molecular complexity index is 769. The van der Waals surface area contributed by atoms with Gasteiger partial charge in [-0.05, 0) is 80.9 Å². The van der Waals surface area contributed by atoms with Gasteiger partial charge in [0, 0.05) is 31.0 Å². The van der Waals surface area contributed by atoms with E-state index in [0.29, 0.717) is 30.8 Å². The van der Waals surface area contributed by atoms with Gasteiger partial charge in [-0.1, -0.05) is 6.07 Å². The number of hydrogen-bond acceptors (Lipinski definition) is 4. The average molecular weight is 399 g/mol. The highest BCUT2D eigenvalue weighted by Gasteiger charge is 2.54. The molecule has 4 aliphatic carbocycles. The van der Waals surface area contributed by atoms with E-state index in [1.165, 1.54) is 26.2 Å². The highest BCUT2D eigenvalue weighted by atomic mass is 16.5. The molecule has 0 unspecified atom stereocenters. The van der Waals surface area contributed by atoms with Gasteiger partial charge in [0.05, 0.1) is 0 Å². The molecule has 1 aromatic rings. The summed E-state index contributed by atoms with van der Waals surface area (Å²) in [4.78, 5) is 36.2. The van der Waals surface area contributed by atoms with E-state index in [1.807, 2.05) is 0 Å². The maximum absolute atomic E-state index is 12.9. The molecule has 0 saturated heterocycles. The number of carbonyl (C=O) groups is 3. The van der Waals surface area contributed by atoms with Crippen molar-refractivity contribution in [3.63, 3.8) is 0 Å². The lowest BCUT2D eigenvalue weighted by atomic mass is 9.49. The summed E-state index contributed by atoms with van der Waals surface area (Å²) in [5, 5.41) is 5.99. The zero-order chi connectivity index (χ0) is 20.4. The van der Waals surface area contributed by atoms with Gasteiger partial charge in [0.25, 0.3) is 5.91 Å². The molecule has 156 valence electrons. The molecule has 5 rings (SSSR count). The van der Waals surface area contributed by atoms with Crippen molar-refractivity contribution in [2.24, 2.45) is 23.2 Å². The third-order valence-corrected chi connectivity index (χ3v) is 6.80. The molecular weight excluding hydrogens is 368 g/mol. The molecule has 6 heteroatoms. The van der Waals surface area contributed by atoms with Crippen LogP contribution in [0.4, 0.5) is 0 Å². The van der Waals surface area contributed by atoms with Crippen LogP contribution in [0.5, 0.6) is 5.75 Å². The average Bonchev–Trinajstić information content (AvgIpc) is 2.66. The summed E-state index contributed by atoms with van der Waals surface area (Å²) in [5.74, 6) is 2.23. The standard InChI is InChI=1S/C23H30N2O4/c1-15(26)29-20-5-2-4-19(11-20)21(27)24-6-3-7-25-22(28)23-12-16-8-17(13-23)10-18(9-16)14-23/h2,4-5,11,16-18H,3,6-10,12-14H2,1H3,(H,24,27)(H,25,28). The third-order valence-electron chi connectivity index (χ3n) is 6.80. The van der Waals surface area contributed by atoms with Crippen molar-refractivity contribution in [3.8, 4) is 5.75 Å². The first kappa shape index (κ1) is 19.9. The molecule has 1 aromatic carbocycles. The van der Waals surface area contributed by atoms with Crippen LogP contribution in [0.15, 0.2) is 24.3 Å². The predicted molar refractivity (Wildman–Crippen MR) is 108 cm³/mol. The minimum Gasteiger partial charge on any atom is -0.427 e. The van der Waals surface area contributed by atoms with E-state index in [-0.39, 0.29) is 17.2 Å². The fourth-order valence-corrected chi connectivity index (χ4v) is 6.04. The fourth-order valence-electron chi connectivity index (χ4n) is 6.04. The lowest BCUT2D eigenvalue weighted by Crippen LogP contribution is -2.53. The van der Waals surface area contributed by atoms with Gasteiger partial charge in [0.15, 0.2) is 0 Å². The number of nitrogens with one attached hydrogen (secondary N) is 2. The van der Waals surface area contributed by atoms with Crippen LogP contribution in [0.1, 0.15) is 62.2 Å². The fraction of sp³-hybridized carbons (Fsp3) is 0.609. The van der Waals surface area contributed by atoms with Crippen LogP contribution in [-0.4, -0.2) is 30.9 Å². The maximum Gasteiger partial charge on any atom is 0.308 e. The van der Waals surface area contributed by atoms with E-state index in [9.17, 15) is 14.4 Å². The molecule has 4 saturated carbocycles. The Morgan fingerprint density at radius 2 is 1.62 bits per heavy atom. The minimum atomic E-state index is -0.419. The van der Waals surface area contributed by atoms with E-state index >= 15 is 0 Å². The van der Waals surface area contributed by atoms with Gasteiger partial charge < -0.3 is 15.4 Å². The van der Waals surface area contributed by atoms with Gasteiger partial charge in [-0.3, -0.25) is 14.4 Å². The summed E-state index contributed by atoms with van der Waals surface area (Å²) in [5.41, 5.74) is 0.330. The number of benzene rings is 1. The zero-order valence-electron chi connectivity index (χ0n) is 17.0. The minimum absolute atomic E-state index is 0.116. The van der Waals surface area contributed by atoms with Crippen molar-refractivity contribution in [1.29, 1.82) is 0 Å². The SMILES string of the molecule is CC(=O)Oc1cccc(C(=O)NCCCNC(=O)C23CC4CC(CC(C4)C2)C3)c1. The van der Waals surface area contributed by atoms with Crippen LogP contribution in [0.25, 0.3) is 0 Å². The summed E-state index contributed by atoms with van der Waals surface area (Å²) in [6.45, 7) is 2.39. The molecule has 0 radical (unpaired) electrons. The van der Waals surface area contributed by atoms with Crippen molar-refractivity contribution in [2.75, 3.05) is 13.1 Å². The molecule has 29 heavy (non-hydrogen) atoms. The number of carbonyl (C=O) groups excluding carboxylic acids is 3. The predicted octanol–water partition coefficient (Wildman–Crippen LogP) is 3.06. The second-order valence-electron chi connectivity index (χ2n) is 9.18. The van der Waals surface area contributed by atoms with Crippen molar-refractivity contribution in [2.45, 2.75) is 51.9 Å². The highest BCUT2D eigenvalue weighted by Crippen LogP contribution is 2.60. The second-order valence-corrected chi connectivity index (χ2v) is 9.18.